The highest BCUT2D eigenvalue weighted by Crippen LogP contribution is 2.25. The summed E-state index contributed by atoms with van der Waals surface area (Å²) < 4.78 is 26.2. The summed E-state index contributed by atoms with van der Waals surface area (Å²) in [5.41, 5.74) is 1.08. The first kappa shape index (κ1) is 15.2. The van der Waals surface area contributed by atoms with Crippen LogP contribution in [0.4, 0.5) is 0 Å². The number of benzene rings is 1. The molecule has 0 N–H and O–H groups in total. The topological polar surface area (TPSA) is 37.4 Å². The summed E-state index contributed by atoms with van der Waals surface area (Å²) in [4.78, 5) is 0.409. The maximum absolute atomic E-state index is 12.3. The third-order valence-electron chi connectivity index (χ3n) is 3.12. The second-order valence-corrected chi connectivity index (χ2v) is 6.31. The van der Waals surface area contributed by atoms with Crippen molar-refractivity contribution in [2.75, 3.05) is 6.54 Å². The van der Waals surface area contributed by atoms with Gasteiger partial charge in [-0.15, -0.1) is 0 Å². The van der Waals surface area contributed by atoms with Crippen LogP contribution in [0.2, 0.25) is 0 Å². The molecule has 1 heterocycles. The summed E-state index contributed by atoms with van der Waals surface area (Å²) in [6, 6.07) is 7.19. The van der Waals surface area contributed by atoms with Crippen LogP contribution < -0.4 is 0 Å². The molecule has 0 amide bonds. The zero-order chi connectivity index (χ0) is 13.8. The summed E-state index contributed by atoms with van der Waals surface area (Å²) in [6.45, 7) is 8.57. The summed E-state index contributed by atoms with van der Waals surface area (Å²) in [6.07, 6.45) is 1.93. The van der Waals surface area contributed by atoms with Crippen molar-refractivity contribution < 1.29 is 8.42 Å². The third-order valence-corrected chi connectivity index (χ3v) is 5.15. The van der Waals surface area contributed by atoms with E-state index in [0.717, 1.165) is 18.4 Å². The lowest BCUT2D eigenvalue weighted by atomic mass is 10.2. The maximum Gasteiger partial charge on any atom is 0.243 e. The molecule has 0 radical (unpaired) electrons. The van der Waals surface area contributed by atoms with Crippen LogP contribution in [0, 0.1) is 6.92 Å². The first-order valence-corrected chi connectivity index (χ1v) is 8.04. The van der Waals surface area contributed by atoms with E-state index in [2.05, 4.69) is 0 Å². The standard InChI is InChI=1S/C12H17NO2S.C2H6/c1-10-5-7-12(8-6-10)16(14,15)13-9-3-4-11(13)2;1-2/h5-8,11H,3-4,9H2,1-2H3;1-2H3/t11-;/m0./s1. The molecule has 1 aromatic rings. The molecule has 4 heteroatoms. The van der Waals surface area contributed by atoms with E-state index in [9.17, 15) is 8.42 Å². The molecule has 3 nitrogen and oxygen atoms in total. The third kappa shape index (κ3) is 3.12. The predicted molar refractivity (Wildman–Crippen MR) is 75.1 cm³/mol. The highest BCUT2D eigenvalue weighted by Gasteiger charge is 2.32. The molecule has 0 bridgehead atoms. The Morgan fingerprint density at radius 3 is 2.17 bits per heavy atom. The Kier molecular flexibility index (Phi) is 5.35. The van der Waals surface area contributed by atoms with E-state index in [1.165, 1.54) is 0 Å². The van der Waals surface area contributed by atoms with Gasteiger partial charge in [0.2, 0.25) is 10.0 Å². The average molecular weight is 269 g/mol. The van der Waals surface area contributed by atoms with E-state index in [1.54, 1.807) is 16.4 Å². The summed E-state index contributed by atoms with van der Waals surface area (Å²) in [5, 5.41) is 0. The Labute approximate surface area is 111 Å². The molecule has 0 aromatic heterocycles. The molecule has 0 spiro atoms. The van der Waals surface area contributed by atoms with Crippen LogP contribution in [-0.2, 0) is 10.0 Å². The highest BCUT2D eigenvalue weighted by atomic mass is 32.2. The minimum atomic E-state index is -3.27. The lowest BCUT2D eigenvalue weighted by molar-refractivity contribution is 0.408. The molecular formula is C14H23NO2S. The SMILES string of the molecule is CC.Cc1ccc(S(=O)(=O)N2CCC[C@@H]2C)cc1. The number of sulfonamides is 1. The van der Waals surface area contributed by atoms with Crippen molar-refractivity contribution in [2.24, 2.45) is 0 Å². The van der Waals surface area contributed by atoms with Gasteiger partial charge in [-0.25, -0.2) is 8.42 Å². The average Bonchev–Trinajstić information content (AvgIpc) is 2.79. The zero-order valence-electron chi connectivity index (χ0n) is 11.7. The van der Waals surface area contributed by atoms with Gasteiger partial charge in [0.1, 0.15) is 0 Å². The van der Waals surface area contributed by atoms with Gasteiger partial charge in [0.15, 0.2) is 0 Å². The summed E-state index contributed by atoms with van der Waals surface area (Å²) in [5.74, 6) is 0. The van der Waals surface area contributed by atoms with Crippen molar-refractivity contribution in [3.8, 4) is 0 Å². The second-order valence-electron chi connectivity index (χ2n) is 4.42. The van der Waals surface area contributed by atoms with Crippen LogP contribution >= 0.6 is 0 Å². The second kappa shape index (κ2) is 6.34. The Balaban J connectivity index is 0.000000771. The van der Waals surface area contributed by atoms with E-state index < -0.39 is 10.0 Å². The van der Waals surface area contributed by atoms with Crippen molar-refractivity contribution in [1.82, 2.24) is 4.31 Å². The van der Waals surface area contributed by atoms with Gasteiger partial charge in [-0.1, -0.05) is 31.5 Å². The predicted octanol–water partition coefficient (Wildman–Crippen LogP) is 3.19. The quantitative estimate of drug-likeness (QED) is 0.827. The first-order chi connectivity index (χ1) is 8.51. The normalized spacial score (nSPS) is 20.3. The molecule has 1 atom stereocenters. The molecular weight excluding hydrogens is 246 g/mol. The van der Waals surface area contributed by atoms with Crippen molar-refractivity contribution in [3.05, 3.63) is 29.8 Å². The smallest absolute Gasteiger partial charge is 0.207 e. The molecule has 1 aliphatic heterocycles. The molecule has 102 valence electrons. The minimum Gasteiger partial charge on any atom is -0.207 e. The van der Waals surface area contributed by atoms with E-state index in [1.807, 2.05) is 39.8 Å². The van der Waals surface area contributed by atoms with E-state index in [0.29, 0.717) is 11.4 Å². The Hall–Kier alpha value is -0.870. The van der Waals surface area contributed by atoms with E-state index in [4.69, 9.17) is 0 Å². The molecule has 0 unspecified atom stereocenters. The van der Waals surface area contributed by atoms with Crippen LogP contribution in [0.5, 0.6) is 0 Å². The van der Waals surface area contributed by atoms with Gasteiger partial charge in [0.05, 0.1) is 4.90 Å². The molecule has 18 heavy (non-hydrogen) atoms. The molecule has 1 saturated heterocycles. The van der Waals surface area contributed by atoms with Crippen LogP contribution in [-0.4, -0.2) is 25.3 Å². The Morgan fingerprint density at radius 2 is 1.72 bits per heavy atom. The molecule has 0 aliphatic carbocycles. The van der Waals surface area contributed by atoms with E-state index in [-0.39, 0.29) is 6.04 Å². The molecule has 2 rings (SSSR count). The fraction of sp³-hybridized carbons (Fsp3) is 0.571. The number of hydrogen-bond donors (Lipinski definition) is 0. The zero-order valence-corrected chi connectivity index (χ0v) is 12.5. The van der Waals surface area contributed by atoms with Crippen molar-refractivity contribution >= 4 is 10.0 Å². The Bertz CT molecular complexity index is 465. The molecule has 1 fully saturated rings. The summed E-state index contributed by atoms with van der Waals surface area (Å²) in [7, 11) is -3.27. The number of aryl methyl sites for hydroxylation is 1. The van der Waals surface area contributed by atoms with Gasteiger partial charge in [-0.05, 0) is 38.8 Å². The van der Waals surface area contributed by atoms with Gasteiger partial charge in [0.25, 0.3) is 0 Å². The fourth-order valence-corrected chi connectivity index (χ4v) is 3.81. The fourth-order valence-electron chi connectivity index (χ4n) is 2.11. The van der Waals surface area contributed by atoms with Crippen LogP contribution in [0.3, 0.4) is 0 Å². The van der Waals surface area contributed by atoms with Crippen LogP contribution in [0.1, 0.15) is 39.2 Å². The number of nitrogens with zero attached hydrogens (tertiary/aromatic N) is 1. The van der Waals surface area contributed by atoms with E-state index >= 15 is 0 Å². The lowest BCUT2D eigenvalue weighted by Crippen LogP contribution is -2.33. The maximum atomic E-state index is 12.3. The van der Waals surface area contributed by atoms with Gasteiger partial charge in [-0.3, -0.25) is 0 Å². The lowest BCUT2D eigenvalue weighted by Gasteiger charge is -2.20. The minimum absolute atomic E-state index is 0.131. The van der Waals surface area contributed by atoms with Gasteiger partial charge < -0.3 is 0 Å². The van der Waals surface area contributed by atoms with Crippen molar-refractivity contribution in [2.45, 2.75) is 51.5 Å². The molecule has 0 saturated carbocycles. The van der Waals surface area contributed by atoms with Gasteiger partial charge >= 0.3 is 0 Å². The largest absolute Gasteiger partial charge is 0.243 e. The van der Waals surface area contributed by atoms with Gasteiger partial charge in [0, 0.05) is 12.6 Å². The van der Waals surface area contributed by atoms with Crippen LogP contribution in [0.25, 0.3) is 0 Å². The summed E-state index contributed by atoms with van der Waals surface area (Å²) >= 11 is 0. The van der Waals surface area contributed by atoms with Gasteiger partial charge in [-0.2, -0.15) is 4.31 Å². The Morgan fingerprint density at radius 1 is 1.17 bits per heavy atom. The van der Waals surface area contributed by atoms with Crippen molar-refractivity contribution in [1.29, 1.82) is 0 Å². The van der Waals surface area contributed by atoms with Crippen LogP contribution in [0.15, 0.2) is 29.2 Å². The number of rotatable bonds is 2. The monoisotopic (exact) mass is 269 g/mol. The molecule has 1 aromatic carbocycles. The number of hydrogen-bond acceptors (Lipinski definition) is 2. The van der Waals surface area contributed by atoms with Crippen molar-refractivity contribution in [3.63, 3.8) is 0 Å². The first-order valence-electron chi connectivity index (χ1n) is 6.60. The molecule has 1 aliphatic rings. The highest BCUT2D eigenvalue weighted by molar-refractivity contribution is 7.89.